The fourth-order valence-corrected chi connectivity index (χ4v) is 2.84. The Balaban J connectivity index is 1.88. The molecule has 0 aliphatic heterocycles. The molecule has 0 spiro atoms. The molecule has 0 unspecified atom stereocenters. The van der Waals surface area contributed by atoms with Crippen molar-refractivity contribution in [3.63, 3.8) is 0 Å². The molecule has 160 valence electrons. The predicted octanol–water partition coefficient (Wildman–Crippen LogP) is 3.72. The fourth-order valence-electron chi connectivity index (χ4n) is 2.84. The number of aliphatic hydroxyl groups is 2. The fraction of sp³-hybridized carbons (Fsp3) is 0.350. The molecule has 0 fully saturated rings. The largest absolute Gasteiger partial charge is 0.433 e. The maximum atomic E-state index is 12.9. The van der Waals surface area contributed by atoms with Crippen LogP contribution in [0.4, 0.5) is 24.8 Å². The van der Waals surface area contributed by atoms with Crippen molar-refractivity contribution in [2.45, 2.75) is 38.6 Å². The number of hydrogen-bond donors (Lipinski definition) is 3. The highest BCUT2D eigenvalue weighted by Crippen LogP contribution is 2.30. The first-order valence-corrected chi connectivity index (χ1v) is 9.16. The molecule has 2 heterocycles. The Labute approximate surface area is 171 Å². The number of hydrogen-bond acceptors (Lipinski definition) is 6. The molecule has 30 heavy (non-hydrogen) atoms. The molecular weight excluding hydrogens is 399 g/mol. The lowest BCUT2D eigenvalue weighted by Crippen LogP contribution is -2.38. The summed E-state index contributed by atoms with van der Waals surface area (Å²) >= 11 is 0. The second-order valence-corrected chi connectivity index (χ2v) is 7.38. The molecule has 0 bridgehead atoms. The van der Waals surface area contributed by atoms with Gasteiger partial charge in [0, 0.05) is 23.6 Å². The highest BCUT2D eigenvalue weighted by Gasteiger charge is 2.33. The maximum Gasteiger partial charge on any atom is 0.433 e. The van der Waals surface area contributed by atoms with E-state index < -0.39 is 30.1 Å². The summed E-state index contributed by atoms with van der Waals surface area (Å²) in [6.07, 6.45) is -0.164. The maximum absolute atomic E-state index is 12.9. The van der Waals surface area contributed by atoms with Gasteiger partial charge in [0.05, 0.1) is 18.8 Å². The van der Waals surface area contributed by atoms with Gasteiger partial charge in [-0.1, -0.05) is 6.07 Å². The Morgan fingerprint density at radius 1 is 1.20 bits per heavy atom. The van der Waals surface area contributed by atoms with Gasteiger partial charge in [-0.2, -0.15) is 18.3 Å². The Morgan fingerprint density at radius 2 is 1.93 bits per heavy atom. The van der Waals surface area contributed by atoms with Crippen LogP contribution in [-0.4, -0.2) is 42.2 Å². The van der Waals surface area contributed by atoms with Gasteiger partial charge in [0.25, 0.3) is 0 Å². The summed E-state index contributed by atoms with van der Waals surface area (Å²) in [6, 6.07) is 5.74. The summed E-state index contributed by atoms with van der Waals surface area (Å²) in [5.41, 5.74) is 0.527. The van der Waals surface area contributed by atoms with Gasteiger partial charge in [-0.3, -0.25) is 4.68 Å². The molecule has 3 aromatic rings. The summed E-state index contributed by atoms with van der Waals surface area (Å²) in [5.74, 6) is -0.162. The van der Waals surface area contributed by atoms with Crippen LogP contribution in [0.25, 0.3) is 11.1 Å². The van der Waals surface area contributed by atoms with Crippen molar-refractivity contribution >= 4 is 11.6 Å². The lowest BCUT2D eigenvalue weighted by molar-refractivity contribution is -0.141. The van der Waals surface area contributed by atoms with Crippen LogP contribution in [0.1, 0.15) is 31.1 Å². The van der Waals surface area contributed by atoms with Crippen LogP contribution < -0.4 is 5.32 Å². The molecule has 1 aromatic carbocycles. The second-order valence-electron chi connectivity index (χ2n) is 7.38. The standard InChI is InChI=1S/C20H22F3N5O2/c1-12-6-14(15-9-25-28(10-15)13(2)19(3,30)11-29)8-16(7-12)26-18-24-5-4-17(27-18)20(21,22)23/h4-10,13,29-30H,11H2,1-3H3,(H,24,26,27)/t13-,19+/m1/s1. The van der Waals surface area contributed by atoms with Crippen LogP contribution in [0.2, 0.25) is 0 Å². The van der Waals surface area contributed by atoms with Gasteiger partial charge < -0.3 is 15.5 Å². The van der Waals surface area contributed by atoms with Gasteiger partial charge in [0.1, 0.15) is 11.3 Å². The molecule has 0 saturated heterocycles. The SMILES string of the molecule is Cc1cc(Nc2nccc(C(F)(F)F)n2)cc(-c2cnn([C@H](C)[C@@](C)(O)CO)c2)c1. The van der Waals surface area contributed by atoms with Crippen LogP contribution in [0, 0.1) is 6.92 Å². The molecule has 0 radical (unpaired) electrons. The number of aliphatic hydroxyl groups excluding tert-OH is 1. The van der Waals surface area contributed by atoms with E-state index in [9.17, 15) is 23.4 Å². The first-order chi connectivity index (χ1) is 14.0. The summed E-state index contributed by atoms with van der Waals surface area (Å²) in [6.45, 7) is 4.69. The smallest absolute Gasteiger partial charge is 0.393 e. The topological polar surface area (TPSA) is 96.1 Å². The molecule has 3 rings (SSSR count). The first kappa shape index (κ1) is 21.7. The minimum Gasteiger partial charge on any atom is -0.393 e. The number of rotatable bonds is 6. The molecule has 0 amide bonds. The van der Waals surface area contributed by atoms with Gasteiger partial charge in [0.2, 0.25) is 5.95 Å². The van der Waals surface area contributed by atoms with E-state index >= 15 is 0 Å². The van der Waals surface area contributed by atoms with E-state index in [1.54, 1.807) is 36.1 Å². The highest BCUT2D eigenvalue weighted by atomic mass is 19.4. The van der Waals surface area contributed by atoms with Crippen molar-refractivity contribution in [2.24, 2.45) is 0 Å². The van der Waals surface area contributed by atoms with Crippen LogP contribution in [0.15, 0.2) is 42.9 Å². The summed E-state index contributed by atoms with van der Waals surface area (Å²) in [7, 11) is 0. The van der Waals surface area contributed by atoms with Gasteiger partial charge >= 0.3 is 6.18 Å². The molecular formula is C20H22F3N5O2. The average Bonchev–Trinajstić information content (AvgIpc) is 3.16. The Bertz CT molecular complexity index is 1030. The van der Waals surface area contributed by atoms with Crippen LogP contribution in [-0.2, 0) is 6.18 Å². The zero-order valence-electron chi connectivity index (χ0n) is 16.6. The van der Waals surface area contributed by atoms with E-state index in [0.29, 0.717) is 5.69 Å². The zero-order valence-corrected chi connectivity index (χ0v) is 16.6. The minimum atomic E-state index is -4.56. The lowest BCUT2D eigenvalue weighted by Gasteiger charge is -2.28. The number of aryl methyl sites for hydroxylation is 1. The Kier molecular flexibility index (Phi) is 5.82. The van der Waals surface area contributed by atoms with Gasteiger partial charge in [-0.15, -0.1) is 0 Å². The number of benzene rings is 1. The number of halogens is 3. The number of nitrogens with one attached hydrogen (secondary N) is 1. The summed E-state index contributed by atoms with van der Waals surface area (Å²) < 4.78 is 40.2. The van der Waals surface area contributed by atoms with Gasteiger partial charge in [-0.25, -0.2) is 9.97 Å². The third kappa shape index (κ3) is 4.77. The first-order valence-electron chi connectivity index (χ1n) is 9.16. The quantitative estimate of drug-likeness (QED) is 0.562. The number of nitrogens with zero attached hydrogens (tertiary/aromatic N) is 4. The third-order valence-electron chi connectivity index (χ3n) is 4.83. The van der Waals surface area contributed by atoms with E-state index in [-0.39, 0.29) is 5.95 Å². The van der Waals surface area contributed by atoms with E-state index in [0.717, 1.165) is 29.0 Å². The number of aromatic nitrogens is 4. The monoisotopic (exact) mass is 421 g/mol. The van der Waals surface area contributed by atoms with E-state index in [1.807, 2.05) is 13.0 Å². The summed E-state index contributed by atoms with van der Waals surface area (Å²) in [4.78, 5) is 7.37. The number of anilines is 2. The normalized spacial score (nSPS) is 14.9. The molecule has 7 nitrogen and oxygen atoms in total. The Hall–Kier alpha value is -2.98. The molecule has 0 aliphatic carbocycles. The van der Waals surface area contributed by atoms with Crippen molar-refractivity contribution in [2.75, 3.05) is 11.9 Å². The molecule has 3 N–H and O–H groups in total. The molecule has 10 heteroatoms. The van der Waals surface area contributed by atoms with Crippen molar-refractivity contribution in [1.82, 2.24) is 19.7 Å². The Morgan fingerprint density at radius 3 is 2.60 bits per heavy atom. The van der Waals surface area contributed by atoms with Crippen molar-refractivity contribution in [3.8, 4) is 11.1 Å². The van der Waals surface area contributed by atoms with Crippen molar-refractivity contribution in [1.29, 1.82) is 0 Å². The van der Waals surface area contributed by atoms with Gasteiger partial charge in [0.15, 0.2) is 0 Å². The summed E-state index contributed by atoms with van der Waals surface area (Å²) in [5, 5.41) is 26.7. The third-order valence-corrected chi connectivity index (χ3v) is 4.83. The average molecular weight is 421 g/mol. The van der Waals surface area contributed by atoms with Crippen LogP contribution in [0.5, 0.6) is 0 Å². The number of alkyl halides is 3. The van der Waals surface area contributed by atoms with Crippen molar-refractivity contribution in [3.05, 3.63) is 54.1 Å². The van der Waals surface area contributed by atoms with Gasteiger partial charge in [-0.05, 0) is 50.1 Å². The molecule has 2 aromatic heterocycles. The van der Waals surface area contributed by atoms with E-state index in [1.165, 1.54) is 6.92 Å². The van der Waals surface area contributed by atoms with Crippen LogP contribution in [0.3, 0.4) is 0 Å². The highest BCUT2D eigenvalue weighted by molar-refractivity contribution is 5.70. The van der Waals surface area contributed by atoms with E-state index in [2.05, 4.69) is 20.4 Å². The molecule has 0 saturated carbocycles. The predicted molar refractivity (Wildman–Crippen MR) is 105 cm³/mol. The van der Waals surface area contributed by atoms with Crippen LogP contribution >= 0.6 is 0 Å². The van der Waals surface area contributed by atoms with E-state index in [4.69, 9.17) is 0 Å². The molecule has 0 aliphatic rings. The second kappa shape index (κ2) is 8.04. The lowest BCUT2D eigenvalue weighted by atomic mass is 9.99. The molecule has 2 atom stereocenters. The zero-order chi connectivity index (χ0) is 22.1. The minimum absolute atomic E-state index is 0.162. The van der Waals surface area contributed by atoms with Crippen molar-refractivity contribution < 1.29 is 23.4 Å².